The van der Waals surface area contributed by atoms with Gasteiger partial charge < -0.3 is 10.3 Å². The number of benzene rings is 1. The molecule has 3 nitrogen and oxygen atoms in total. The Morgan fingerprint density at radius 3 is 2.67 bits per heavy atom. The second kappa shape index (κ2) is 4.80. The molecule has 0 aliphatic heterocycles. The van der Waals surface area contributed by atoms with Gasteiger partial charge in [0.2, 0.25) is 0 Å². The quantitative estimate of drug-likeness (QED) is 0.861. The summed E-state index contributed by atoms with van der Waals surface area (Å²) in [5.74, 6) is -0.0902. The highest BCUT2D eigenvalue weighted by molar-refractivity contribution is 5.98. The largest absolute Gasteiger partial charge is 0.351 e. The molecule has 1 aromatic heterocycles. The fourth-order valence-corrected chi connectivity index (χ4v) is 1.68. The number of halogens is 1. The molecule has 2 rings (SSSR count). The number of H-pyrrole nitrogens is 1. The van der Waals surface area contributed by atoms with Crippen LogP contribution in [0.25, 0.3) is 10.9 Å². The summed E-state index contributed by atoms with van der Waals surface area (Å²) in [6.45, 7) is 6.06. The molecule has 0 saturated carbocycles. The minimum Gasteiger partial charge on any atom is -0.351 e. The zero-order chi connectivity index (χ0) is 13.3. The van der Waals surface area contributed by atoms with E-state index >= 15 is 0 Å². The molecule has 1 unspecified atom stereocenters. The zero-order valence-electron chi connectivity index (χ0n) is 10.8. The van der Waals surface area contributed by atoms with Gasteiger partial charge in [-0.3, -0.25) is 4.79 Å². The number of nitrogens with one attached hydrogen (secondary N) is 2. The summed E-state index contributed by atoms with van der Waals surface area (Å²) in [5, 5.41) is 3.61. The van der Waals surface area contributed by atoms with E-state index < -0.39 is 0 Å². The first-order valence-electron chi connectivity index (χ1n) is 6.06. The lowest BCUT2D eigenvalue weighted by Crippen LogP contribution is -2.36. The van der Waals surface area contributed by atoms with Crippen molar-refractivity contribution >= 4 is 16.8 Å². The van der Waals surface area contributed by atoms with Gasteiger partial charge in [0.1, 0.15) is 11.5 Å². The monoisotopic (exact) mass is 248 g/mol. The van der Waals surface area contributed by atoms with Crippen molar-refractivity contribution in [2.45, 2.75) is 26.8 Å². The number of aromatic nitrogens is 1. The Morgan fingerprint density at radius 2 is 2.00 bits per heavy atom. The molecule has 1 aromatic carbocycles. The highest BCUT2D eigenvalue weighted by atomic mass is 19.1. The average Bonchev–Trinajstić information content (AvgIpc) is 2.71. The third kappa shape index (κ3) is 2.53. The maximum atomic E-state index is 13.0. The van der Waals surface area contributed by atoms with Crippen LogP contribution in [0.3, 0.4) is 0 Å². The molecule has 18 heavy (non-hydrogen) atoms. The van der Waals surface area contributed by atoms with E-state index in [1.54, 1.807) is 12.1 Å². The second-order valence-corrected chi connectivity index (χ2v) is 4.92. The maximum absolute atomic E-state index is 13.0. The molecule has 0 aliphatic rings. The van der Waals surface area contributed by atoms with E-state index in [4.69, 9.17) is 0 Å². The van der Waals surface area contributed by atoms with Gasteiger partial charge in [-0.2, -0.15) is 0 Å². The molecule has 2 aromatic rings. The normalized spacial score (nSPS) is 12.9. The van der Waals surface area contributed by atoms with E-state index in [-0.39, 0.29) is 17.8 Å². The van der Waals surface area contributed by atoms with Gasteiger partial charge in [-0.15, -0.1) is 0 Å². The van der Waals surface area contributed by atoms with Crippen molar-refractivity contribution in [1.29, 1.82) is 0 Å². The van der Waals surface area contributed by atoms with Crippen LogP contribution in [0.4, 0.5) is 4.39 Å². The SMILES string of the molecule is CC(C)C(C)NC(=O)c1cc2cc(F)ccc2[nH]1. The first-order valence-corrected chi connectivity index (χ1v) is 6.06. The van der Waals surface area contributed by atoms with Crippen molar-refractivity contribution in [1.82, 2.24) is 10.3 Å². The molecule has 1 heterocycles. The molecule has 0 spiro atoms. The Kier molecular flexibility index (Phi) is 3.36. The van der Waals surface area contributed by atoms with Crippen molar-refractivity contribution in [3.63, 3.8) is 0 Å². The molecule has 0 aliphatic carbocycles. The summed E-state index contributed by atoms with van der Waals surface area (Å²) in [7, 11) is 0. The Bertz CT molecular complexity index is 574. The third-order valence-electron chi connectivity index (χ3n) is 3.19. The van der Waals surface area contributed by atoms with Gasteiger partial charge in [0.05, 0.1) is 0 Å². The standard InChI is InChI=1S/C14H17FN2O/c1-8(2)9(3)16-14(18)13-7-10-6-11(15)4-5-12(10)17-13/h4-9,17H,1-3H3,(H,16,18). The fraction of sp³-hybridized carbons (Fsp3) is 0.357. The van der Waals surface area contributed by atoms with Crippen LogP contribution in [0.2, 0.25) is 0 Å². The summed E-state index contributed by atoms with van der Waals surface area (Å²) < 4.78 is 13.0. The molecule has 1 atom stereocenters. The molecule has 96 valence electrons. The smallest absolute Gasteiger partial charge is 0.267 e. The van der Waals surface area contributed by atoms with E-state index in [1.165, 1.54) is 12.1 Å². The topological polar surface area (TPSA) is 44.9 Å². The number of carbonyl (C=O) groups excluding carboxylic acids is 1. The average molecular weight is 248 g/mol. The van der Waals surface area contributed by atoms with E-state index in [9.17, 15) is 9.18 Å². The first kappa shape index (κ1) is 12.6. The minimum absolute atomic E-state index is 0.0978. The lowest BCUT2D eigenvalue weighted by molar-refractivity contribution is 0.0926. The van der Waals surface area contributed by atoms with Crippen molar-refractivity contribution in [3.8, 4) is 0 Å². The van der Waals surface area contributed by atoms with Crippen LogP contribution in [0, 0.1) is 11.7 Å². The van der Waals surface area contributed by atoms with Gasteiger partial charge in [0.25, 0.3) is 5.91 Å². The number of fused-ring (bicyclic) bond motifs is 1. The summed E-state index contributed by atoms with van der Waals surface area (Å²) in [6.07, 6.45) is 0. The Hall–Kier alpha value is -1.84. The van der Waals surface area contributed by atoms with Gasteiger partial charge in [-0.25, -0.2) is 4.39 Å². The van der Waals surface area contributed by atoms with Gasteiger partial charge in [-0.1, -0.05) is 13.8 Å². The summed E-state index contributed by atoms with van der Waals surface area (Å²) in [5.41, 5.74) is 1.22. The second-order valence-electron chi connectivity index (χ2n) is 4.92. The number of carbonyl (C=O) groups is 1. The minimum atomic E-state index is -0.302. The number of hydrogen-bond acceptors (Lipinski definition) is 1. The molecule has 0 saturated heterocycles. The van der Waals surface area contributed by atoms with Crippen LogP contribution in [0.5, 0.6) is 0 Å². The highest BCUT2D eigenvalue weighted by Gasteiger charge is 2.14. The van der Waals surface area contributed by atoms with Crippen molar-refractivity contribution < 1.29 is 9.18 Å². The predicted molar refractivity (Wildman–Crippen MR) is 70.0 cm³/mol. The summed E-state index contributed by atoms with van der Waals surface area (Å²) in [4.78, 5) is 15.0. The van der Waals surface area contributed by atoms with Crippen LogP contribution >= 0.6 is 0 Å². The number of aromatic amines is 1. The molecular formula is C14H17FN2O. The Morgan fingerprint density at radius 1 is 1.28 bits per heavy atom. The molecule has 1 amide bonds. The lowest BCUT2D eigenvalue weighted by Gasteiger charge is -2.16. The molecule has 0 radical (unpaired) electrons. The number of amides is 1. The van der Waals surface area contributed by atoms with Crippen LogP contribution in [-0.4, -0.2) is 16.9 Å². The van der Waals surface area contributed by atoms with Crippen LogP contribution in [0.1, 0.15) is 31.3 Å². The molecular weight excluding hydrogens is 231 g/mol. The molecule has 0 bridgehead atoms. The lowest BCUT2D eigenvalue weighted by atomic mass is 10.1. The molecule has 0 fully saturated rings. The summed E-state index contributed by atoms with van der Waals surface area (Å²) in [6, 6.07) is 6.18. The third-order valence-corrected chi connectivity index (χ3v) is 3.19. The molecule has 2 N–H and O–H groups in total. The Labute approximate surface area is 105 Å². The van der Waals surface area contributed by atoms with Crippen LogP contribution in [0.15, 0.2) is 24.3 Å². The molecule has 4 heteroatoms. The van der Waals surface area contributed by atoms with Gasteiger partial charge in [-0.05, 0) is 37.1 Å². The van der Waals surface area contributed by atoms with Gasteiger partial charge >= 0.3 is 0 Å². The van der Waals surface area contributed by atoms with Crippen LogP contribution in [-0.2, 0) is 0 Å². The predicted octanol–water partition coefficient (Wildman–Crippen LogP) is 3.08. The summed E-state index contributed by atoms with van der Waals surface area (Å²) >= 11 is 0. The van der Waals surface area contributed by atoms with E-state index in [2.05, 4.69) is 10.3 Å². The Balaban J connectivity index is 2.23. The maximum Gasteiger partial charge on any atom is 0.267 e. The van der Waals surface area contributed by atoms with Crippen LogP contribution < -0.4 is 5.32 Å². The van der Waals surface area contributed by atoms with Gasteiger partial charge in [0.15, 0.2) is 0 Å². The zero-order valence-corrected chi connectivity index (χ0v) is 10.8. The van der Waals surface area contributed by atoms with Crippen molar-refractivity contribution in [2.24, 2.45) is 5.92 Å². The van der Waals surface area contributed by atoms with Gasteiger partial charge in [0, 0.05) is 16.9 Å². The van der Waals surface area contributed by atoms with Crippen molar-refractivity contribution in [2.75, 3.05) is 0 Å². The first-order chi connectivity index (χ1) is 8.47. The van der Waals surface area contributed by atoms with E-state index in [1.807, 2.05) is 20.8 Å². The van der Waals surface area contributed by atoms with Crippen molar-refractivity contribution in [3.05, 3.63) is 35.8 Å². The number of hydrogen-bond donors (Lipinski definition) is 2. The highest BCUT2D eigenvalue weighted by Crippen LogP contribution is 2.16. The van der Waals surface area contributed by atoms with E-state index in [0.717, 1.165) is 5.52 Å². The van der Waals surface area contributed by atoms with E-state index in [0.29, 0.717) is 17.0 Å². The fourth-order valence-electron chi connectivity index (χ4n) is 1.68. The number of rotatable bonds is 3.